The molecule has 1 aliphatic heterocycles. The van der Waals surface area contributed by atoms with E-state index >= 15 is 0 Å². The SMILES string of the molecule is CN(c1ncnc2[nH]ccc12)C1CCCN(Cc2ccccc2)C1. The number of aromatic nitrogens is 3. The fourth-order valence-electron chi connectivity index (χ4n) is 3.65. The quantitative estimate of drug-likeness (QED) is 0.802. The molecule has 1 N–H and O–H groups in total. The molecule has 1 saturated heterocycles. The van der Waals surface area contributed by atoms with Crippen LogP contribution in [-0.2, 0) is 6.54 Å². The Kier molecular flexibility index (Phi) is 4.17. The number of nitrogens with zero attached hydrogens (tertiary/aromatic N) is 4. The van der Waals surface area contributed by atoms with Gasteiger partial charge in [0.15, 0.2) is 0 Å². The minimum Gasteiger partial charge on any atom is -0.355 e. The van der Waals surface area contributed by atoms with Gasteiger partial charge in [0.2, 0.25) is 0 Å². The van der Waals surface area contributed by atoms with Crippen molar-refractivity contribution >= 4 is 16.9 Å². The first-order chi connectivity index (χ1) is 11.8. The molecule has 0 aliphatic carbocycles. The van der Waals surface area contributed by atoms with Crippen LogP contribution in [0.3, 0.4) is 0 Å². The zero-order valence-corrected chi connectivity index (χ0v) is 14.0. The molecule has 0 spiro atoms. The molecule has 1 aliphatic rings. The number of hydrogen-bond donors (Lipinski definition) is 1. The normalized spacial score (nSPS) is 18.8. The highest BCUT2D eigenvalue weighted by atomic mass is 15.3. The second-order valence-electron chi connectivity index (χ2n) is 6.56. The van der Waals surface area contributed by atoms with Crippen molar-refractivity contribution in [3.63, 3.8) is 0 Å². The Labute approximate surface area is 142 Å². The smallest absolute Gasteiger partial charge is 0.142 e. The molecule has 1 fully saturated rings. The molecular weight excluding hydrogens is 298 g/mol. The number of likely N-dealkylation sites (tertiary alicyclic amines) is 1. The number of hydrogen-bond acceptors (Lipinski definition) is 4. The molecule has 5 heteroatoms. The van der Waals surface area contributed by atoms with E-state index in [4.69, 9.17) is 0 Å². The summed E-state index contributed by atoms with van der Waals surface area (Å²) in [4.78, 5) is 16.9. The lowest BCUT2D eigenvalue weighted by molar-refractivity contribution is 0.198. The molecule has 124 valence electrons. The third-order valence-electron chi connectivity index (χ3n) is 4.94. The summed E-state index contributed by atoms with van der Waals surface area (Å²) in [5, 5.41) is 1.10. The van der Waals surface area contributed by atoms with Crippen molar-refractivity contribution in [1.82, 2.24) is 19.9 Å². The summed E-state index contributed by atoms with van der Waals surface area (Å²) in [7, 11) is 2.16. The van der Waals surface area contributed by atoms with E-state index < -0.39 is 0 Å². The molecule has 0 amide bonds. The first-order valence-corrected chi connectivity index (χ1v) is 8.58. The van der Waals surface area contributed by atoms with Crippen LogP contribution in [0.5, 0.6) is 0 Å². The molecule has 1 aromatic carbocycles. The monoisotopic (exact) mass is 321 g/mol. The van der Waals surface area contributed by atoms with Gasteiger partial charge in [-0.15, -0.1) is 0 Å². The predicted molar refractivity (Wildman–Crippen MR) is 97.0 cm³/mol. The Morgan fingerprint density at radius 1 is 1.21 bits per heavy atom. The number of rotatable bonds is 4. The number of H-pyrrole nitrogens is 1. The fraction of sp³-hybridized carbons (Fsp3) is 0.368. The first-order valence-electron chi connectivity index (χ1n) is 8.58. The zero-order chi connectivity index (χ0) is 16.4. The van der Waals surface area contributed by atoms with Crippen LogP contribution in [0.1, 0.15) is 18.4 Å². The molecule has 0 radical (unpaired) electrons. The summed E-state index contributed by atoms with van der Waals surface area (Å²) < 4.78 is 0. The zero-order valence-electron chi connectivity index (χ0n) is 14.0. The molecule has 2 aromatic heterocycles. The largest absolute Gasteiger partial charge is 0.355 e. The number of nitrogens with one attached hydrogen (secondary N) is 1. The van der Waals surface area contributed by atoms with Crippen molar-refractivity contribution in [3.8, 4) is 0 Å². The molecule has 1 unspecified atom stereocenters. The fourth-order valence-corrected chi connectivity index (χ4v) is 3.65. The van der Waals surface area contributed by atoms with Gasteiger partial charge in [0.05, 0.1) is 5.39 Å². The van der Waals surface area contributed by atoms with Crippen molar-refractivity contribution < 1.29 is 0 Å². The number of piperidine rings is 1. The van der Waals surface area contributed by atoms with E-state index in [0.717, 1.165) is 29.9 Å². The first kappa shape index (κ1) is 15.1. The maximum absolute atomic E-state index is 4.54. The maximum atomic E-state index is 4.54. The topological polar surface area (TPSA) is 48.1 Å². The van der Waals surface area contributed by atoms with Crippen LogP contribution in [0.15, 0.2) is 48.9 Å². The molecule has 0 saturated carbocycles. The maximum Gasteiger partial charge on any atom is 0.142 e. The van der Waals surface area contributed by atoms with Gasteiger partial charge < -0.3 is 9.88 Å². The molecule has 5 nitrogen and oxygen atoms in total. The standard InChI is InChI=1S/C19H23N5/c1-23(19-17-9-10-20-18(17)21-14-22-19)16-8-5-11-24(13-16)12-15-6-3-2-4-7-15/h2-4,6-7,9-10,14,16H,5,8,11-13H2,1H3,(H,20,21,22). The Balaban J connectivity index is 1.50. The number of benzene rings is 1. The second kappa shape index (κ2) is 6.61. The Hall–Kier alpha value is -2.40. The average Bonchev–Trinajstić information content (AvgIpc) is 3.11. The van der Waals surface area contributed by atoms with Crippen LogP contribution >= 0.6 is 0 Å². The predicted octanol–water partition coefficient (Wildman–Crippen LogP) is 3.06. The number of likely N-dealkylation sites (N-methyl/N-ethyl adjacent to an activating group) is 1. The van der Waals surface area contributed by atoms with Crippen LogP contribution in [0, 0.1) is 0 Å². The van der Waals surface area contributed by atoms with Gasteiger partial charge in [-0.3, -0.25) is 4.90 Å². The van der Waals surface area contributed by atoms with E-state index in [0.29, 0.717) is 6.04 Å². The van der Waals surface area contributed by atoms with Crippen LogP contribution in [-0.4, -0.2) is 46.0 Å². The molecular formula is C19H23N5. The third-order valence-corrected chi connectivity index (χ3v) is 4.94. The van der Waals surface area contributed by atoms with Gasteiger partial charge >= 0.3 is 0 Å². The Morgan fingerprint density at radius 2 is 2.08 bits per heavy atom. The summed E-state index contributed by atoms with van der Waals surface area (Å²) >= 11 is 0. The lowest BCUT2D eigenvalue weighted by atomic mass is 10.0. The van der Waals surface area contributed by atoms with Gasteiger partial charge in [-0.1, -0.05) is 30.3 Å². The van der Waals surface area contributed by atoms with E-state index in [-0.39, 0.29) is 0 Å². The van der Waals surface area contributed by atoms with E-state index in [1.165, 1.54) is 24.9 Å². The van der Waals surface area contributed by atoms with Gasteiger partial charge in [-0.2, -0.15) is 0 Å². The summed E-state index contributed by atoms with van der Waals surface area (Å²) in [6.07, 6.45) is 6.01. The van der Waals surface area contributed by atoms with Crippen LogP contribution in [0.2, 0.25) is 0 Å². The second-order valence-corrected chi connectivity index (χ2v) is 6.56. The van der Waals surface area contributed by atoms with Crippen LogP contribution < -0.4 is 4.90 Å². The highest BCUT2D eigenvalue weighted by Gasteiger charge is 2.25. The van der Waals surface area contributed by atoms with Gasteiger partial charge in [0, 0.05) is 32.4 Å². The lowest BCUT2D eigenvalue weighted by Gasteiger charge is -2.38. The minimum atomic E-state index is 0.482. The van der Waals surface area contributed by atoms with Crippen LogP contribution in [0.4, 0.5) is 5.82 Å². The van der Waals surface area contributed by atoms with Crippen molar-refractivity contribution in [2.24, 2.45) is 0 Å². The average molecular weight is 321 g/mol. The highest BCUT2D eigenvalue weighted by molar-refractivity contribution is 5.87. The Morgan fingerprint density at radius 3 is 2.96 bits per heavy atom. The molecule has 3 heterocycles. The van der Waals surface area contributed by atoms with Gasteiger partial charge in [-0.05, 0) is 31.0 Å². The van der Waals surface area contributed by atoms with Gasteiger partial charge in [-0.25, -0.2) is 9.97 Å². The highest BCUT2D eigenvalue weighted by Crippen LogP contribution is 2.26. The van der Waals surface area contributed by atoms with Gasteiger partial charge in [0.25, 0.3) is 0 Å². The third kappa shape index (κ3) is 2.99. The van der Waals surface area contributed by atoms with Crippen molar-refractivity contribution in [3.05, 3.63) is 54.5 Å². The van der Waals surface area contributed by atoms with E-state index in [2.05, 4.69) is 68.2 Å². The number of anilines is 1. The van der Waals surface area contributed by atoms with Crippen molar-refractivity contribution in [1.29, 1.82) is 0 Å². The molecule has 0 bridgehead atoms. The van der Waals surface area contributed by atoms with Crippen LogP contribution in [0.25, 0.3) is 11.0 Å². The number of aromatic amines is 1. The molecule has 24 heavy (non-hydrogen) atoms. The summed E-state index contributed by atoms with van der Waals surface area (Å²) in [6, 6.07) is 13.3. The number of fused-ring (bicyclic) bond motifs is 1. The lowest BCUT2D eigenvalue weighted by Crippen LogP contribution is -2.46. The van der Waals surface area contributed by atoms with Crippen molar-refractivity contribution in [2.75, 3.05) is 25.0 Å². The van der Waals surface area contributed by atoms with E-state index in [1.807, 2.05) is 6.20 Å². The van der Waals surface area contributed by atoms with E-state index in [9.17, 15) is 0 Å². The summed E-state index contributed by atoms with van der Waals surface area (Å²) in [5.41, 5.74) is 2.29. The summed E-state index contributed by atoms with van der Waals surface area (Å²) in [5.74, 6) is 1.02. The van der Waals surface area contributed by atoms with Gasteiger partial charge in [0.1, 0.15) is 17.8 Å². The Bertz CT molecular complexity index is 798. The minimum absolute atomic E-state index is 0.482. The molecule has 3 aromatic rings. The van der Waals surface area contributed by atoms with Crippen molar-refractivity contribution in [2.45, 2.75) is 25.4 Å². The summed E-state index contributed by atoms with van der Waals surface area (Å²) in [6.45, 7) is 3.26. The molecule has 1 atom stereocenters. The molecule has 4 rings (SSSR count). The van der Waals surface area contributed by atoms with E-state index in [1.54, 1.807) is 6.33 Å².